The van der Waals surface area contributed by atoms with E-state index in [1.807, 2.05) is 30.3 Å². The Kier molecular flexibility index (Phi) is 10.2. The highest BCUT2D eigenvalue weighted by molar-refractivity contribution is 5.86. The van der Waals surface area contributed by atoms with Crippen molar-refractivity contribution in [2.45, 2.75) is 58.8 Å². The first-order valence-corrected chi connectivity index (χ1v) is 11.5. The van der Waals surface area contributed by atoms with Crippen LogP contribution in [0, 0.1) is 0 Å². The van der Waals surface area contributed by atoms with Gasteiger partial charge in [-0.1, -0.05) is 30.3 Å². The highest BCUT2D eigenvalue weighted by atomic mass is 16.6. The molecule has 1 unspecified atom stereocenters. The molecule has 1 saturated heterocycles. The monoisotopic (exact) mass is 477 g/mol. The number of benzene rings is 1. The molecule has 1 aliphatic rings. The number of amides is 3. The lowest BCUT2D eigenvalue weighted by Crippen LogP contribution is -2.56. The molecule has 2 rings (SSSR count). The predicted molar refractivity (Wildman–Crippen MR) is 124 cm³/mol. The van der Waals surface area contributed by atoms with Crippen LogP contribution in [0.4, 0.5) is 9.59 Å². The highest BCUT2D eigenvalue weighted by Gasteiger charge is 2.31. The molecule has 1 aromatic carbocycles. The van der Waals surface area contributed by atoms with Crippen molar-refractivity contribution >= 4 is 24.1 Å². The fourth-order valence-electron chi connectivity index (χ4n) is 3.36. The zero-order valence-corrected chi connectivity index (χ0v) is 20.4. The fourth-order valence-corrected chi connectivity index (χ4v) is 3.36. The van der Waals surface area contributed by atoms with Crippen molar-refractivity contribution in [3.05, 3.63) is 35.9 Å². The normalized spacial score (nSPS) is 14.7. The minimum atomic E-state index is -0.968. The zero-order valence-electron chi connectivity index (χ0n) is 20.4. The topological polar surface area (TPSA) is 114 Å². The van der Waals surface area contributed by atoms with Crippen LogP contribution < -0.4 is 5.32 Å². The third kappa shape index (κ3) is 9.29. The van der Waals surface area contributed by atoms with E-state index < -0.39 is 29.8 Å². The van der Waals surface area contributed by atoms with Crippen molar-refractivity contribution in [2.75, 3.05) is 32.8 Å². The van der Waals surface area contributed by atoms with Crippen LogP contribution in [-0.4, -0.2) is 78.3 Å². The molecule has 0 aromatic heterocycles. The van der Waals surface area contributed by atoms with Crippen molar-refractivity contribution < 1.29 is 33.4 Å². The van der Waals surface area contributed by atoms with Crippen molar-refractivity contribution in [1.29, 1.82) is 0 Å². The maximum absolute atomic E-state index is 13.2. The number of carbonyl (C=O) groups is 4. The van der Waals surface area contributed by atoms with Crippen molar-refractivity contribution in [2.24, 2.45) is 0 Å². The SMILES string of the molecule is CCOC(=O)N1CCN(C(=O)C(CCC(=O)OC(C)(C)C)NC(=O)OCc2ccccc2)CC1. The lowest BCUT2D eigenvalue weighted by molar-refractivity contribution is -0.155. The van der Waals surface area contributed by atoms with Crippen LogP contribution in [0.1, 0.15) is 46.1 Å². The van der Waals surface area contributed by atoms with Crippen molar-refractivity contribution in [3.63, 3.8) is 0 Å². The molecule has 1 heterocycles. The molecule has 1 atom stereocenters. The molecule has 0 saturated carbocycles. The minimum absolute atomic E-state index is 0.0462. The summed E-state index contributed by atoms with van der Waals surface area (Å²) in [5.74, 6) is -0.805. The maximum Gasteiger partial charge on any atom is 0.409 e. The number of nitrogens with zero attached hydrogens (tertiary/aromatic N) is 2. The predicted octanol–water partition coefficient (Wildman–Crippen LogP) is 2.70. The molecule has 0 spiro atoms. The van der Waals surface area contributed by atoms with Gasteiger partial charge < -0.3 is 29.3 Å². The number of carbonyl (C=O) groups excluding carboxylic acids is 4. The number of rotatable bonds is 8. The van der Waals surface area contributed by atoms with E-state index in [9.17, 15) is 19.2 Å². The molecule has 3 amide bonds. The Hall–Kier alpha value is -3.30. The van der Waals surface area contributed by atoms with Gasteiger partial charge in [0.05, 0.1) is 6.61 Å². The summed E-state index contributed by atoms with van der Waals surface area (Å²) in [5.41, 5.74) is 0.159. The molecule has 1 aliphatic heterocycles. The average molecular weight is 478 g/mol. The molecule has 0 bridgehead atoms. The van der Waals surface area contributed by atoms with Gasteiger partial charge in [0.25, 0.3) is 0 Å². The summed E-state index contributed by atoms with van der Waals surface area (Å²) in [6, 6.07) is 8.20. The molecule has 188 valence electrons. The Morgan fingerprint density at radius 2 is 1.59 bits per heavy atom. The van der Waals surface area contributed by atoms with Gasteiger partial charge in [0.2, 0.25) is 5.91 Å². The van der Waals surface area contributed by atoms with E-state index in [4.69, 9.17) is 14.2 Å². The number of hydrogen-bond donors (Lipinski definition) is 1. The number of esters is 1. The van der Waals surface area contributed by atoms with E-state index in [0.29, 0.717) is 26.2 Å². The van der Waals surface area contributed by atoms with E-state index in [2.05, 4.69) is 5.32 Å². The Bertz CT molecular complexity index is 831. The van der Waals surface area contributed by atoms with Crippen LogP contribution in [0.3, 0.4) is 0 Å². The third-order valence-corrected chi connectivity index (χ3v) is 4.98. The highest BCUT2D eigenvalue weighted by Crippen LogP contribution is 2.13. The van der Waals surface area contributed by atoms with Gasteiger partial charge in [-0.3, -0.25) is 9.59 Å². The van der Waals surface area contributed by atoms with Gasteiger partial charge in [0.15, 0.2) is 0 Å². The first-order valence-electron chi connectivity index (χ1n) is 11.5. The van der Waals surface area contributed by atoms with Gasteiger partial charge in [0.1, 0.15) is 18.2 Å². The van der Waals surface area contributed by atoms with Gasteiger partial charge in [-0.05, 0) is 39.7 Å². The third-order valence-electron chi connectivity index (χ3n) is 4.98. The van der Waals surface area contributed by atoms with Gasteiger partial charge in [0, 0.05) is 32.6 Å². The molecule has 10 heteroatoms. The van der Waals surface area contributed by atoms with E-state index in [1.165, 1.54) is 4.90 Å². The Labute approximate surface area is 200 Å². The van der Waals surface area contributed by atoms with Crippen LogP contribution in [0.5, 0.6) is 0 Å². The molecular weight excluding hydrogens is 442 g/mol. The summed E-state index contributed by atoms with van der Waals surface area (Å²) in [5, 5.41) is 2.59. The van der Waals surface area contributed by atoms with Crippen molar-refractivity contribution in [1.82, 2.24) is 15.1 Å². The summed E-state index contributed by atoms with van der Waals surface area (Å²) in [4.78, 5) is 52.8. The van der Waals surface area contributed by atoms with Crippen LogP contribution >= 0.6 is 0 Å². The quantitative estimate of drug-likeness (QED) is 0.452. The second-order valence-electron chi connectivity index (χ2n) is 8.90. The van der Waals surface area contributed by atoms with Crippen LogP contribution in [-0.2, 0) is 30.4 Å². The Morgan fingerprint density at radius 1 is 0.971 bits per heavy atom. The fraction of sp³-hybridized carbons (Fsp3) is 0.583. The van der Waals surface area contributed by atoms with Crippen molar-refractivity contribution in [3.8, 4) is 0 Å². The second-order valence-corrected chi connectivity index (χ2v) is 8.90. The molecule has 1 fully saturated rings. The molecule has 10 nitrogen and oxygen atoms in total. The minimum Gasteiger partial charge on any atom is -0.460 e. The van der Waals surface area contributed by atoms with Gasteiger partial charge in [-0.2, -0.15) is 0 Å². The maximum atomic E-state index is 13.2. The summed E-state index contributed by atoms with van der Waals surface area (Å²) in [7, 11) is 0. The van der Waals surface area contributed by atoms with Gasteiger partial charge >= 0.3 is 18.2 Å². The van der Waals surface area contributed by atoms with Crippen LogP contribution in [0.25, 0.3) is 0 Å². The summed E-state index contributed by atoms with van der Waals surface area (Å²) >= 11 is 0. The molecular formula is C24H35N3O7. The second kappa shape index (κ2) is 12.8. The summed E-state index contributed by atoms with van der Waals surface area (Å²) < 4.78 is 15.6. The smallest absolute Gasteiger partial charge is 0.409 e. The number of hydrogen-bond acceptors (Lipinski definition) is 7. The zero-order chi connectivity index (χ0) is 25.1. The van der Waals surface area contributed by atoms with E-state index in [0.717, 1.165) is 5.56 Å². The molecule has 1 N–H and O–H groups in total. The van der Waals surface area contributed by atoms with Crippen LogP contribution in [0.15, 0.2) is 30.3 Å². The largest absolute Gasteiger partial charge is 0.460 e. The van der Waals surface area contributed by atoms with Crippen LogP contribution in [0.2, 0.25) is 0 Å². The number of ether oxygens (including phenoxy) is 3. The van der Waals surface area contributed by atoms with E-state index in [-0.39, 0.29) is 32.0 Å². The Morgan fingerprint density at radius 3 is 2.18 bits per heavy atom. The first-order chi connectivity index (χ1) is 16.1. The number of nitrogens with one attached hydrogen (secondary N) is 1. The first kappa shape index (κ1) is 26.9. The standard InChI is InChI=1S/C24H35N3O7/c1-5-32-23(31)27-15-13-26(14-16-27)21(29)19(11-12-20(28)34-24(2,3)4)25-22(30)33-17-18-9-7-6-8-10-18/h6-10,19H,5,11-17H2,1-4H3,(H,25,30). The number of piperazine rings is 1. The average Bonchev–Trinajstić information content (AvgIpc) is 2.79. The molecule has 0 aliphatic carbocycles. The van der Waals surface area contributed by atoms with E-state index >= 15 is 0 Å². The van der Waals surface area contributed by atoms with Gasteiger partial charge in [-0.25, -0.2) is 9.59 Å². The number of alkyl carbamates (subject to hydrolysis) is 1. The molecule has 1 aromatic rings. The van der Waals surface area contributed by atoms with Gasteiger partial charge in [-0.15, -0.1) is 0 Å². The molecule has 34 heavy (non-hydrogen) atoms. The van der Waals surface area contributed by atoms with E-state index in [1.54, 1.807) is 32.6 Å². The lowest BCUT2D eigenvalue weighted by Gasteiger charge is -2.35. The molecule has 0 radical (unpaired) electrons. The summed E-state index contributed by atoms with van der Waals surface area (Å²) in [6.07, 6.45) is -1.16. The summed E-state index contributed by atoms with van der Waals surface area (Å²) in [6.45, 7) is 8.57. The Balaban J connectivity index is 1.97. The lowest BCUT2D eigenvalue weighted by atomic mass is 10.1.